The highest BCUT2D eigenvalue weighted by Crippen LogP contribution is 2.36. The largest absolute Gasteiger partial charge is 0.395 e. The zero-order chi connectivity index (χ0) is 10.7. The molecule has 0 amide bonds. The van der Waals surface area contributed by atoms with Gasteiger partial charge in [0, 0.05) is 10.7 Å². The van der Waals surface area contributed by atoms with Crippen molar-refractivity contribution in [1.82, 2.24) is 0 Å². The molecule has 0 radical (unpaired) electrons. The number of aliphatic hydroxyl groups excluding tert-OH is 1. The normalized spacial score (nSPS) is 30.7. The number of halogens is 1. The first-order chi connectivity index (χ1) is 7.30. The van der Waals surface area contributed by atoms with E-state index in [2.05, 4.69) is 28.1 Å². The molecule has 0 saturated carbocycles. The molecule has 1 heterocycles. The van der Waals surface area contributed by atoms with Gasteiger partial charge in [-0.15, -0.1) is 0 Å². The molecule has 2 rings (SSSR count). The first kappa shape index (κ1) is 11.1. The van der Waals surface area contributed by atoms with Crippen LogP contribution in [0.4, 0.5) is 0 Å². The predicted molar refractivity (Wildman–Crippen MR) is 63.4 cm³/mol. The molecular weight excluding hydrogens is 256 g/mol. The lowest BCUT2D eigenvalue weighted by Crippen LogP contribution is -2.31. The van der Waals surface area contributed by atoms with Crippen molar-refractivity contribution in [3.63, 3.8) is 0 Å². The second-order valence-corrected chi connectivity index (χ2v) is 4.74. The summed E-state index contributed by atoms with van der Waals surface area (Å²) in [6.07, 6.45) is 1.11. The highest BCUT2D eigenvalue weighted by molar-refractivity contribution is 9.09. The lowest BCUT2D eigenvalue weighted by atomic mass is 9.79. The van der Waals surface area contributed by atoms with E-state index >= 15 is 0 Å². The summed E-state index contributed by atoms with van der Waals surface area (Å²) in [7, 11) is 0. The van der Waals surface area contributed by atoms with Gasteiger partial charge in [-0.1, -0.05) is 46.3 Å². The summed E-state index contributed by atoms with van der Waals surface area (Å²) < 4.78 is 5.66. The van der Waals surface area contributed by atoms with Crippen molar-refractivity contribution < 1.29 is 9.84 Å². The molecule has 0 spiro atoms. The molecule has 0 aliphatic carbocycles. The van der Waals surface area contributed by atoms with Crippen LogP contribution in [0.2, 0.25) is 0 Å². The molecule has 3 heteroatoms. The lowest BCUT2D eigenvalue weighted by Gasteiger charge is -2.25. The van der Waals surface area contributed by atoms with Crippen LogP contribution in [-0.4, -0.2) is 29.8 Å². The van der Waals surface area contributed by atoms with Crippen molar-refractivity contribution in [2.24, 2.45) is 0 Å². The Balaban J connectivity index is 2.24. The maximum atomic E-state index is 9.59. The summed E-state index contributed by atoms with van der Waals surface area (Å²) >= 11 is 3.42. The fourth-order valence-corrected chi connectivity index (χ4v) is 2.54. The molecule has 2 atom stereocenters. The highest BCUT2D eigenvalue weighted by Gasteiger charge is 2.40. The summed E-state index contributed by atoms with van der Waals surface area (Å²) in [5.74, 6) is 0. The molecule has 1 aromatic carbocycles. The van der Waals surface area contributed by atoms with Crippen LogP contribution >= 0.6 is 15.9 Å². The number of ether oxygens (including phenoxy) is 1. The summed E-state index contributed by atoms with van der Waals surface area (Å²) in [5, 5.41) is 10.4. The first-order valence-electron chi connectivity index (χ1n) is 5.15. The van der Waals surface area contributed by atoms with Gasteiger partial charge in [0.25, 0.3) is 0 Å². The van der Waals surface area contributed by atoms with Crippen molar-refractivity contribution in [2.75, 3.05) is 18.5 Å². The monoisotopic (exact) mass is 270 g/mol. The fourth-order valence-electron chi connectivity index (χ4n) is 2.12. The van der Waals surface area contributed by atoms with Crippen molar-refractivity contribution in [1.29, 1.82) is 0 Å². The van der Waals surface area contributed by atoms with Crippen molar-refractivity contribution >= 4 is 15.9 Å². The third kappa shape index (κ3) is 2.10. The molecule has 15 heavy (non-hydrogen) atoms. The van der Waals surface area contributed by atoms with Gasteiger partial charge in [0.1, 0.15) is 0 Å². The van der Waals surface area contributed by atoms with Gasteiger partial charge < -0.3 is 9.84 Å². The van der Waals surface area contributed by atoms with Gasteiger partial charge in [-0.25, -0.2) is 0 Å². The number of hydrogen-bond donors (Lipinski definition) is 1. The number of rotatable bonds is 3. The van der Waals surface area contributed by atoms with Crippen LogP contribution in [0.15, 0.2) is 30.3 Å². The van der Waals surface area contributed by atoms with Crippen LogP contribution in [0.3, 0.4) is 0 Å². The quantitative estimate of drug-likeness (QED) is 0.853. The Labute approximate surface area is 98.4 Å². The Kier molecular flexibility index (Phi) is 3.44. The Morgan fingerprint density at radius 2 is 2.13 bits per heavy atom. The van der Waals surface area contributed by atoms with Gasteiger partial charge in [0.05, 0.1) is 19.3 Å². The molecule has 82 valence electrons. The maximum absolute atomic E-state index is 9.59. The number of hydrogen-bond acceptors (Lipinski definition) is 2. The molecule has 1 aliphatic heterocycles. The van der Waals surface area contributed by atoms with E-state index in [9.17, 15) is 5.11 Å². The highest BCUT2D eigenvalue weighted by atomic mass is 79.9. The van der Waals surface area contributed by atoms with E-state index in [1.54, 1.807) is 0 Å². The van der Waals surface area contributed by atoms with E-state index in [-0.39, 0.29) is 18.1 Å². The third-order valence-electron chi connectivity index (χ3n) is 3.07. The van der Waals surface area contributed by atoms with Crippen LogP contribution in [-0.2, 0) is 10.2 Å². The number of benzene rings is 1. The topological polar surface area (TPSA) is 29.5 Å². The Morgan fingerprint density at radius 1 is 1.40 bits per heavy atom. The minimum absolute atomic E-state index is 0.153. The molecule has 0 bridgehead atoms. The minimum Gasteiger partial charge on any atom is -0.395 e. The van der Waals surface area contributed by atoms with Crippen LogP contribution in [0, 0.1) is 0 Å². The second-order valence-electron chi connectivity index (χ2n) is 4.10. The van der Waals surface area contributed by atoms with Gasteiger partial charge in [-0.3, -0.25) is 0 Å². The Morgan fingerprint density at radius 3 is 2.67 bits per heavy atom. The molecule has 1 aromatic rings. The third-order valence-corrected chi connectivity index (χ3v) is 3.80. The summed E-state index contributed by atoms with van der Waals surface area (Å²) in [5.41, 5.74) is 0.982. The Hall–Kier alpha value is -0.380. The number of aliphatic hydroxyl groups is 1. The van der Waals surface area contributed by atoms with Crippen LogP contribution in [0.1, 0.15) is 12.0 Å². The predicted octanol–water partition coefficient (Wildman–Crippen LogP) is 2.10. The molecule has 1 aliphatic rings. The van der Waals surface area contributed by atoms with E-state index in [1.165, 1.54) is 5.56 Å². The molecule has 1 N–H and O–H groups in total. The average Bonchev–Trinajstić information content (AvgIpc) is 2.75. The number of alkyl halides is 1. The van der Waals surface area contributed by atoms with E-state index in [0.717, 1.165) is 11.8 Å². The van der Waals surface area contributed by atoms with Gasteiger partial charge in [0.15, 0.2) is 0 Å². The molecular formula is C12H15BrO2. The van der Waals surface area contributed by atoms with Gasteiger partial charge >= 0.3 is 0 Å². The second kappa shape index (κ2) is 4.64. The van der Waals surface area contributed by atoms with Gasteiger partial charge in [0.2, 0.25) is 0 Å². The van der Waals surface area contributed by atoms with Crippen LogP contribution in [0.25, 0.3) is 0 Å². The average molecular weight is 271 g/mol. The first-order valence-corrected chi connectivity index (χ1v) is 6.27. The molecule has 1 fully saturated rings. The molecule has 0 aromatic heterocycles. The van der Waals surface area contributed by atoms with Gasteiger partial charge in [-0.05, 0) is 12.0 Å². The molecule has 2 unspecified atom stereocenters. The lowest BCUT2D eigenvalue weighted by molar-refractivity contribution is 0.107. The van der Waals surface area contributed by atoms with Crippen molar-refractivity contribution in [2.45, 2.75) is 17.9 Å². The van der Waals surface area contributed by atoms with Crippen LogP contribution in [0.5, 0.6) is 0 Å². The maximum Gasteiger partial charge on any atom is 0.0682 e. The smallest absolute Gasteiger partial charge is 0.0682 e. The molecule has 2 nitrogen and oxygen atoms in total. The van der Waals surface area contributed by atoms with Crippen molar-refractivity contribution in [3.05, 3.63) is 35.9 Å². The van der Waals surface area contributed by atoms with E-state index in [1.807, 2.05) is 18.2 Å². The zero-order valence-corrected chi connectivity index (χ0v) is 10.1. The fraction of sp³-hybridized carbons (Fsp3) is 0.500. The Bertz CT molecular complexity index is 315. The standard InChI is InChI=1S/C12H15BrO2/c13-7-11-6-12(8-14,9-15-11)10-4-2-1-3-5-10/h1-5,11,14H,6-9H2. The van der Waals surface area contributed by atoms with E-state index in [0.29, 0.717) is 6.61 Å². The zero-order valence-electron chi connectivity index (χ0n) is 8.53. The SMILES string of the molecule is OCC1(c2ccccc2)COC(CBr)C1. The summed E-state index contributed by atoms with van der Waals surface area (Å²) in [4.78, 5) is 0. The molecule has 1 saturated heterocycles. The minimum atomic E-state index is -0.195. The van der Waals surface area contributed by atoms with E-state index < -0.39 is 0 Å². The van der Waals surface area contributed by atoms with Crippen LogP contribution < -0.4 is 0 Å². The van der Waals surface area contributed by atoms with E-state index in [4.69, 9.17) is 4.74 Å². The summed E-state index contributed by atoms with van der Waals surface area (Å²) in [6.45, 7) is 0.768. The van der Waals surface area contributed by atoms with Gasteiger partial charge in [-0.2, -0.15) is 0 Å². The summed E-state index contributed by atoms with van der Waals surface area (Å²) in [6, 6.07) is 10.1. The van der Waals surface area contributed by atoms with Crippen molar-refractivity contribution in [3.8, 4) is 0 Å².